The molecule has 0 fully saturated rings. The van der Waals surface area contributed by atoms with Gasteiger partial charge in [-0.2, -0.15) is 0 Å². The zero-order valence-electron chi connectivity index (χ0n) is 10.5. The fourth-order valence-electron chi connectivity index (χ4n) is 2.25. The average molecular weight is 201 g/mol. The average Bonchev–Trinajstić information content (AvgIpc) is 2.16. The van der Waals surface area contributed by atoms with Crippen LogP contribution in [0.15, 0.2) is 0 Å². The van der Waals surface area contributed by atoms with Crippen molar-refractivity contribution in [2.24, 2.45) is 11.8 Å². The first-order chi connectivity index (χ1) is 6.67. The monoisotopic (exact) mass is 201 g/mol. The van der Waals surface area contributed by atoms with E-state index in [4.69, 9.17) is 4.74 Å². The van der Waals surface area contributed by atoms with Crippen LogP contribution in [-0.2, 0) is 4.74 Å². The van der Waals surface area contributed by atoms with Crippen LogP contribution >= 0.6 is 0 Å². The Morgan fingerprint density at radius 3 is 2.14 bits per heavy atom. The quantitative estimate of drug-likeness (QED) is 0.652. The molecular weight excluding hydrogens is 174 g/mol. The molecular formula is C12H27NO. The van der Waals surface area contributed by atoms with E-state index in [0.29, 0.717) is 12.0 Å². The molecule has 0 aliphatic heterocycles. The molecule has 0 heterocycles. The molecule has 3 unspecified atom stereocenters. The molecule has 0 bridgehead atoms. The Balaban J connectivity index is 3.96. The molecule has 0 aromatic rings. The van der Waals surface area contributed by atoms with Gasteiger partial charge in [0.2, 0.25) is 0 Å². The molecule has 3 atom stereocenters. The van der Waals surface area contributed by atoms with Crippen molar-refractivity contribution in [3.8, 4) is 0 Å². The van der Waals surface area contributed by atoms with Crippen molar-refractivity contribution in [2.75, 3.05) is 20.8 Å². The van der Waals surface area contributed by atoms with Crippen molar-refractivity contribution >= 4 is 0 Å². The molecule has 0 saturated heterocycles. The van der Waals surface area contributed by atoms with Gasteiger partial charge in [0, 0.05) is 19.8 Å². The standard InChI is InChI=1S/C12H27NO/c1-6-7-10(2)12(13-4)11(3)8-9-14-5/h10-13H,6-9H2,1-5H3. The first-order valence-corrected chi connectivity index (χ1v) is 5.83. The summed E-state index contributed by atoms with van der Waals surface area (Å²) in [6.07, 6.45) is 3.73. The molecule has 0 aromatic heterocycles. The fraction of sp³-hybridized carbons (Fsp3) is 1.00. The van der Waals surface area contributed by atoms with Crippen LogP contribution in [0.25, 0.3) is 0 Å². The summed E-state index contributed by atoms with van der Waals surface area (Å²) >= 11 is 0. The van der Waals surface area contributed by atoms with E-state index in [-0.39, 0.29) is 0 Å². The molecule has 86 valence electrons. The minimum Gasteiger partial charge on any atom is -0.385 e. The van der Waals surface area contributed by atoms with Gasteiger partial charge in [0.05, 0.1) is 0 Å². The maximum absolute atomic E-state index is 5.12. The van der Waals surface area contributed by atoms with Gasteiger partial charge in [-0.3, -0.25) is 0 Å². The Morgan fingerprint density at radius 2 is 1.71 bits per heavy atom. The summed E-state index contributed by atoms with van der Waals surface area (Å²) in [5.74, 6) is 1.46. The molecule has 0 aliphatic rings. The third-order valence-electron chi connectivity index (χ3n) is 3.08. The van der Waals surface area contributed by atoms with E-state index in [1.807, 2.05) is 0 Å². The largest absolute Gasteiger partial charge is 0.385 e. The van der Waals surface area contributed by atoms with Gasteiger partial charge < -0.3 is 10.1 Å². The van der Waals surface area contributed by atoms with E-state index < -0.39 is 0 Å². The van der Waals surface area contributed by atoms with E-state index in [2.05, 4.69) is 33.1 Å². The second-order valence-electron chi connectivity index (χ2n) is 4.34. The minimum absolute atomic E-state index is 0.630. The van der Waals surface area contributed by atoms with Gasteiger partial charge in [0.25, 0.3) is 0 Å². The first kappa shape index (κ1) is 13.9. The summed E-state index contributed by atoms with van der Waals surface area (Å²) in [5, 5.41) is 3.44. The van der Waals surface area contributed by atoms with Crippen LogP contribution in [0.4, 0.5) is 0 Å². The van der Waals surface area contributed by atoms with Gasteiger partial charge in [0.15, 0.2) is 0 Å². The molecule has 0 radical (unpaired) electrons. The summed E-state index contributed by atoms with van der Waals surface area (Å²) in [6, 6.07) is 0.630. The minimum atomic E-state index is 0.630. The van der Waals surface area contributed by atoms with Gasteiger partial charge in [-0.15, -0.1) is 0 Å². The second kappa shape index (κ2) is 8.25. The van der Waals surface area contributed by atoms with E-state index in [1.54, 1.807) is 7.11 Å². The second-order valence-corrected chi connectivity index (χ2v) is 4.34. The van der Waals surface area contributed by atoms with Crippen molar-refractivity contribution in [3.05, 3.63) is 0 Å². The van der Waals surface area contributed by atoms with Crippen LogP contribution in [0.5, 0.6) is 0 Å². The molecule has 0 amide bonds. The van der Waals surface area contributed by atoms with E-state index in [9.17, 15) is 0 Å². The summed E-state index contributed by atoms with van der Waals surface area (Å²) in [5.41, 5.74) is 0. The normalized spacial score (nSPS) is 17.8. The summed E-state index contributed by atoms with van der Waals surface area (Å²) in [7, 11) is 3.84. The van der Waals surface area contributed by atoms with Gasteiger partial charge in [0.1, 0.15) is 0 Å². The molecule has 0 spiro atoms. The number of ether oxygens (including phenoxy) is 1. The van der Waals surface area contributed by atoms with Crippen LogP contribution in [0.2, 0.25) is 0 Å². The van der Waals surface area contributed by atoms with Gasteiger partial charge in [-0.1, -0.05) is 27.2 Å². The first-order valence-electron chi connectivity index (χ1n) is 5.83. The van der Waals surface area contributed by atoms with E-state index >= 15 is 0 Å². The third kappa shape index (κ3) is 4.97. The van der Waals surface area contributed by atoms with Crippen molar-refractivity contribution in [2.45, 2.75) is 46.1 Å². The van der Waals surface area contributed by atoms with Gasteiger partial charge in [-0.05, 0) is 31.7 Å². The molecule has 2 nitrogen and oxygen atoms in total. The highest BCUT2D eigenvalue weighted by molar-refractivity contribution is 4.77. The van der Waals surface area contributed by atoms with Crippen LogP contribution in [-0.4, -0.2) is 26.8 Å². The Bertz CT molecular complexity index is 127. The molecule has 0 aromatic carbocycles. The lowest BCUT2D eigenvalue weighted by Gasteiger charge is -2.29. The lowest BCUT2D eigenvalue weighted by molar-refractivity contribution is 0.160. The Morgan fingerprint density at radius 1 is 1.14 bits per heavy atom. The zero-order valence-corrected chi connectivity index (χ0v) is 10.5. The predicted molar refractivity (Wildman–Crippen MR) is 62.6 cm³/mol. The third-order valence-corrected chi connectivity index (χ3v) is 3.08. The highest BCUT2D eigenvalue weighted by Gasteiger charge is 2.20. The highest BCUT2D eigenvalue weighted by atomic mass is 16.5. The predicted octanol–water partition coefficient (Wildman–Crippen LogP) is 2.68. The summed E-state index contributed by atoms with van der Waals surface area (Å²) in [4.78, 5) is 0. The smallest absolute Gasteiger partial charge is 0.0465 e. The van der Waals surface area contributed by atoms with Gasteiger partial charge >= 0.3 is 0 Å². The number of hydrogen-bond donors (Lipinski definition) is 1. The molecule has 0 rings (SSSR count). The molecule has 2 heteroatoms. The SMILES string of the molecule is CCCC(C)C(NC)C(C)CCOC. The Labute approximate surface area is 89.4 Å². The lowest BCUT2D eigenvalue weighted by Crippen LogP contribution is -2.38. The number of methoxy groups -OCH3 is 1. The maximum Gasteiger partial charge on any atom is 0.0465 e. The van der Waals surface area contributed by atoms with Crippen molar-refractivity contribution in [1.29, 1.82) is 0 Å². The Kier molecular flexibility index (Phi) is 8.20. The van der Waals surface area contributed by atoms with E-state index in [0.717, 1.165) is 18.9 Å². The fourth-order valence-corrected chi connectivity index (χ4v) is 2.25. The van der Waals surface area contributed by atoms with Crippen molar-refractivity contribution in [3.63, 3.8) is 0 Å². The zero-order chi connectivity index (χ0) is 11.0. The van der Waals surface area contributed by atoms with Crippen molar-refractivity contribution < 1.29 is 4.74 Å². The van der Waals surface area contributed by atoms with E-state index in [1.165, 1.54) is 12.8 Å². The number of hydrogen-bond acceptors (Lipinski definition) is 2. The molecule has 1 N–H and O–H groups in total. The summed E-state index contributed by atoms with van der Waals surface area (Å²) in [6.45, 7) is 7.78. The van der Waals surface area contributed by atoms with Crippen LogP contribution in [0.3, 0.4) is 0 Å². The van der Waals surface area contributed by atoms with Crippen LogP contribution in [0, 0.1) is 11.8 Å². The number of rotatable bonds is 8. The highest BCUT2D eigenvalue weighted by Crippen LogP contribution is 2.19. The topological polar surface area (TPSA) is 21.3 Å². The maximum atomic E-state index is 5.12. The van der Waals surface area contributed by atoms with Crippen molar-refractivity contribution in [1.82, 2.24) is 5.32 Å². The molecule has 0 aliphatic carbocycles. The Hall–Kier alpha value is -0.0800. The van der Waals surface area contributed by atoms with Crippen LogP contribution < -0.4 is 5.32 Å². The van der Waals surface area contributed by atoms with Crippen LogP contribution in [0.1, 0.15) is 40.0 Å². The molecule has 14 heavy (non-hydrogen) atoms. The lowest BCUT2D eigenvalue weighted by atomic mass is 9.86. The molecule has 0 saturated carbocycles. The van der Waals surface area contributed by atoms with Gasteiger partial charge in [-0.25, -0.2) is 0 Å². The number of nitrogens with one attached hydrogen (secondary N) is 1. The summed E-state index contributed by atoms with van der Waals surface area (Å²) < 4.78 is 5.12.